The maximum atomic E-state index is 9.09. The second-order valence-corrected chi connectivity index (χ2v) is 4.41. The topological polar surface area (TPSA) is 46.0 Å². The van der Waals surface area contributed by atoms with Crippen molar-refractivity contribution in [1.82, 2.24) is 9.97 Å². The number of aliphatic hydroxyl groups is 1. The lowest BCUT2D eigenvalue weighted by molar-refractivity contribution is 0.194. The zero-order chi connectivity index (χ0) is 13.5. The zero-order valence-corrected chi connectivity index (χ0v) is 11.4. The number of pyridine rings is 2. The normalized spacial score (nSPS) is 11.4. The van der Waals surface area contributed by atoms with E-state index in [1.807, 2.05) is 38.2 Å². The lowest BCUT2D eigenvalue weighted by Crippen LogP contribution is -1.94. The second-order valence-electron chi connectivity index (χ2n) is 4.41. The van der Waals surface area contributed by atoms with Gasteiger partial charge >= 0.3 is 0 Å². The fourth-order valence-corrected chi connectivity index (χ4v) is 1.48. The number of aryl methyl sites for hydroxylation is 3. The van der Waals surface area contributed by atoms with Gasteiger partial charge in [0.15, 0.2) is 0 Å². The molecule has 0 bridgehead atoms. The summed E-state index contributed by atoms with van der Waals surface area (Å²) in [5, 5.41) is 9.09. The minimum absolute atomic E-state index is 0.458. The van der Waals surface area contributed by atoms with Crippen LogP contribution in [-0.2, 0) is 0 Å². The fourth-order valence-electron chi connectivity index (χ4n) is 1.48. The van der Waals surface area contributed by atoms with Gasteiger partial charge in [-0.1, -0.05) is 0 Å². The number of hydrogen-bond acceptors (Lipinski definition) is 3. The summed E-state index contributed by atoms with van der Waals surface area (Å²) in [5.41, 5.74) is 4.23. The molecular formula is C15H20N2O. The van der Waals surface area contributed by atoms with Crippen LogP contribution in [0.5, 0.6) is 0 Å². The Labute approximate surface area is 109 Å². The number of nitrogens with zero attached hydrogens (tertiary/aromatic N) is 2. The molecule has 2 aromatic rings. The Morgan fingerprint density at radius 1 is 0.944 bits per heavy atom. The molecule has 1 unspecified atom stereocenters. The summed E-state index contributed by atoms with van der Waals surface area (Å²) in [4.78, 5) is 8.03. The monoisotopic (exact) mass is 244 g/mol. The lowest BCUT2D eigenvalue weighted by Gasteiger charge is -2.02. The second kappa shape index (κ2) is 6.87. The largest absolute Gasteiger partial charge is 0.387 e. The molecule has 0 saturated carbocycles. The lowest BCUT2D eigenvalue weighted by atomic mass is 10.2. The summed E-state index contributed by atoms with van der Waals surface area (Å²) in [6.45, 7) is 7.75. The van der Waals surface area contributed by atoms with Crippen molar-refractivity contribution >= 4 is 0 Å². The van der Waals surface area contributed by atoms with Crippen LogP contribution in [0.25, 0.3) is 0 Å². The molecule has 2 heterocycles. The number of rotatable bonds is 1. The van der Waals surface area contributed by atoms with Crippen molar-refractivity contribution in [3.8, 4) is 0 Å². The molecule has 0 spiro atoms. The first-order valence-electron chi connectivity index (χ1n) is 5.99. The van der Waals surface area contributed by atoms with E-state index in [1.54, 1.807) is 13.1 Å². The quantitative estimate of drug-likeness (QED) is 0.838. The number of aliphatic hydroxyl groups excluding tert-OH is 1. The van der Waals surface area contributed by atoms with Crippen molar-refractivity contribution < 1.29 is 5.11 Å². The molecule has 0 saturated heterocycles. The first-order chi connectivity index (χ1) is 8.49. The Bertz CT molecular complexity index is 478. The Kier molecular flexibility index (Phi) is 5.46. The van der Waals surface area contributed by atoms with Crippen LogP contribution in [-0.4, -0.2) is 15.1 Å². The first-order valence-corrected chi connectivity index (χ1v) is 5.99. The Morgan fingerprint density at radius 2 is 1.50 bits per heavy atom. The van der Waals surface area contributed by atoms with Crippen molar-refractivity contribution in [1.29, 1.82) is 0 Å². The molecule has 0 aliphatic carbocycles. The molecule has 0 radical (unpaired) electrons. The van der Waals surface area contributed by atoms with Gasteiger partial charge in [0.25, 0.3) is 0 Å². The summed E-state index contributed by atoms with van der Waals surface area (Å²) in [6, 6.07) is 7.84. The van der Waals surface area contributed by atoms with Gasteiger partial charge in [0.05, 0.1) is 11.8 Å². The average molecular weight is 244 g/mol. The minimum Gasteiger partial charge on any atom is -0.387 e. The van der Waals surface area contributed by atoms with Crippen LogP contribution < -0.4 is 0 Å². The van der Waals surface area contributed by atoms with Crippen LogP contribution in [0.15, 0.2) is 36.7 Å². The molecule has 3 nitrogen and oxygen atoms in total. The third kappa shape index (κ3) is 5.06. The van der Waals surface area contributed by atoms with Crippen molar-refractivity contribution in [3.05, 3.63) is 59.2 Å². The van der Waals surface area contributed by atoms with Gasteiger partial charge in [0.2, 0.25) is 0 Å². The Morgan fingerprint density at radius 3 is 1.83 bits per heavy atom. The standard InChI is InChI=1S/C8H11NO.C7H9N/c1-6-3-4-9-8(5-6)7(2)10;1-6-3-4-8-7(2)5-6/h3-5,7,10H,1-2H3;3-5H,1-2H3. The van der Waals surface area contributed by atoms with Gasteiger partial charge in [-0.2, -0.15) is 0 Å². The van der Waals surface area contributed by atoms with Crippen molar-refractivity contribution in [2.45, 2.75) is 33.8 Å². The highest BCUT2D eigenvalue weighted by molar-refractivity contribution is 5.15. The Hall–Kier alpha value is -1.74. The van der Waals surface area contributed by atoms with E-state index < -0.39 is 6.10 Å². The third-order valence-electron chi connectivity index (χ3n) is 2.42. The Balaban J connectivity index is 0.000000184. The van der Waals surface area contributed by atoms with Gasteiger partial charge in [0, 0.05) is 18.1 Å². The smallest absolute Gasteiger partial charge is 0.0931 e. The van der Waals surface area contributed by atoms with Gasteiger partial charge in [-0.25, -0.2) is 0 Å². The van der Waals surface area contributed by atoms with E-state index in [0.717, 1.165) is 17.0 Å². The summed E-state index contributed by atoms with van der Waals surface area (Å²) in [7, 11) is 0. The van der Waals surface area contributed by atoms with Gasteiger partial charge in [0.1, 0.15) is 0 Å². The van der Waals surface area contributed by atoms with E-state index in [2.05, 4.69) is 23.0 Å². The van der Waals surface area contributed by atoms with E-state index in [1.165, 1.54) is 5.56 Å². The summed E-state index contributed by atoms with van der Waals surface area (Å²) >= 11 is 0. The van der Waals surface area contributed by atoms with Crippen LogP contribution in [0, 0.1) is 20.8 Å². The van der Waals surface area contributed by atoms with Gasteiger partial charge in [-0.3, -0.25) is 9.97 Å². The SMILES string of the molecule is Cc1ccnc(C(C)O)c1.Cc1ccnc(C)c1. The molecule has 2 aromatic heterocycles. The van der Waals surface area contributed by atoms with Crippen molar-refractivity contribution in [2.24, 2.45) is 0 Å². The summed E-state index contributed by atoms with van der Waals surface area (Å²) in [5.74, 6) is 0. The third-order valence-corrected chi connectivity index (χ3v) is 2.42. The highest BCUT2D eigenvalue weighted by Gasteiger charge is 1.99. The van der Waals surface area contributed by atoms with E-state index >= 15 is 0 Å². The molecule has 0 fully saturated rings. The number of hydrogen-bond donors (Lipinski definition) is 1. The van der Waals surface area contributed by atoms with Gasteiger partial charge < -0.3 is 5.11 Å². The summed E-state index contributed by atoms with van der Waals surface area (Å²) < 4.78 is 0. The van der Waals surface area contributed by atoms with Gasteiger partial charge in [-0.05, 0) is 63.1 Å². The maximum absolute atomic E-state index is 9.09. The molecule has 0 aromatic carbocycles. The van der Waals surface area contributed by atoms with Crippen molar-refractivity contribution in [2.75, 3.05) is 0 Å². The maximum Gasteiger partial charge on any atom is 0.0931 e. The van der Waals surface area contributed by atoms with Crippen LogP contribution in [0.3, 0.4) is 0 Å². The molecule has 3 heteroatoms. The molecule has 2 rings (SSSR count). The van der Waals surface area contributed by atoms with E-state index in [9.17, 15) is 0 Å². The fraction of sp³-hybridized carbons (Fsp3) is 0.333. The van der Waals surface area contributed by atoms with Crippen LogP contribution in [0.1, 0.15) is 35.5 Å². The molecule has 0 aliphatic heterocycles. The van der Waals surface area contributed by atoms with Crippen LogP contribution >= 0.6 is 0 Å². The summed E-state index contributed by atoms with van der Waals surface area (Å²) in [6.07, 6.45) is 3.07. The molecular weight excluding hydrogens is 224 g/mol. The highest BCUT2D eigenvalue weighted by Crippen LogP contribution is 2.08. The average Bonchev–Trinajstić information content (AvgIpc) is 2.29. The van der Waals surface area contributed by atoms with E-state index in [4.69, 9.17) is 5.11 Å². The molecule has 0 amide bonds. The number of aromatic nitrogens is 2. The minimum atomic E-state index is -0.458. The molecule has 18 heavy (non-hydrogen) atoms. The first kappa shape index (κ1) is 14.3. The van der Waals surface area contributed by atoms with Crippen molar-refractivity contribution in [3.63, 3.8) is 0 Å². The molecule has 0 aliphatic rings. The van der Waals surface area contributed by atoms with Gasteiger partial charge in [-0.15, -0.1) is 0 Å². The molecule has 1 N–H and O–H groups in total. The van der Waals surface area contributed by atoms with Crippen LogP contribution in [0.4, 0.5) is 0 Å². The van der Waals surface area contributed by atoms with Crippen LogP contribution in [0.2, 0.25) is 0 Å². The highest BCUT2D eigenvalue weighted by atomic mass is 16.3. The predicted octanol–water partition coefficient (Wildman–Crippen LogP) is 3.14. The molecule has 1 atom stereocenters. The predicted molar refractivity (Wildman–Crippen MR) is 73.3 cm³/mol. The zero-order valence-electron chi connectivity index (χ0n) is 11.4. The van der Waals surface area contributed by atoms with E-state index in [-0.39, 0.29) is 0 Å². The van der Waals surface area contributed by atoms with E-state index in [0.29, 0.717) is 0 Å². The molecule has 96 valence electrons.